The highest BCUT2D eigenvalue weighted by molar-refractivity contribution is 9.10. The van der Waals surface area contributed by atoms with Gasteiger partial charge in [-0.05, 0) is 34.5 Å². The lowest BCUT2D eigenvalue weighted by atomic mass is 10.3. The number of rotatable bonds is 3. The fourth-order valence-electron chi connectivity index (χ4n) is 1.36. The number of hydrogen-bond acceptors (Lipinski definition) is 4. The summed E-state index contributed by atoms with van der Waals surface area (Å²) in [5, 5.41) is 4.30. The molecule has 0 spiro atoms. The van der Waals surface area contributed by atoms with E-state index in [1.165, 1.54) is 0 Å². The summed E-state index contributed by atoms with van der Waals surface area (Å²) in [6.45, 7) is 2.08. The highest BCUT2D eigenvalue weighted by Gasteiger charge is 2.08. The second kappa shape index (κ2) is 4.61. The van der Waals surface area contributed by atoms with Gasteiger partial charge in [0.2, 0.25) is 5.95 Å². The normalized spacial score (nSPS) is 10.6. The van der Waals surface area contributed by atoms with E-state index >= 15 is 0 Å². The van der Waals surface area contributed by atoms with Gasteiger partial charge in [0, 0.05) is 17.1 Å². The van der Waals surface area contributed by atoms with Crippen molar-refractivity contribution in [3.05, 3.63) is 28.6 Å². The standard InChI is InChI=1S/C10H12BrN5/c1-2-3-8-14-10(12)16(15-8)9-5-4-7(11)6-13-9/h4-6H,2-3H2,1H3,(H2,12,14,15). The molecular formula is C10H12BrN5. The van der Waals surface area contributed by atoms with Gasteiger partial charge in [0.1, 0.15) is 0 Å². The largest absolute Gasteiger partial charge is 0.368 e. The number of anilines is 1. The Morgan fingerprint density at radius 1 is 1.44 bits per heavy atom. The lowest BCUT2D eigenvalue weighted by Gasteiger charge is -2.00. The minimum absolute atomic E-state index is 0.373. The van der Waals surface area contributed by atoms with Gasteiger partial charge in [0.05, 0.1) is 0 Å². The number of nitrogens with two attached hydrogens (primary N) is 1. The quantitative estimate of drug-likeness (QED) is 0.934. The van der Waals surface area contributed by atoms with Crippen LogP contribution >= 0.6 is 15.9 Å². The Morgan fingerprint density at radius 3 is 2.88 bits per heavy atom. The minimum Gasteiger partial charge on any atom is -0.368 e. The zero-order valence-electron chi connectivity index (χ0n) is 8.89. The average Bonchev–Trinajstić information content (AvgIpc) is 2.61. The average molecular weight is 282 g/mol. The van der Waals surface area contributed by atoms with E-state index in [9.17, 15) is 0 Å². The van der Waals surface area contributed by atoms with E-state index < -0.39 is 0 Å². The molecule has 0 fully saturated rings. The van der Waals surface area contributed by atoms with E-state index in [2.05, 4.69) is 37.9 Å². The highest BCUT2D eigenvalue weighted by atomic mass is 79.9. The molecule has 0 saturated heterocycles. The maximum absolute atomic E-state index is 5.78. The summed E-state index contributed by atoms with van der Waals surface area (Å²) in [5.41, 5.74) is 5.78. The molecule has 84 valence electrons. The van der Waals surface area contributed by atoms with Crippen molar-refractivity contribution in [1.82, 2.24) is 19.7 Å². The number of aromatic nitrogens is 4. The first-order chi connectivity index (χ1) is 7.70. The molecule has 2 rings (SSSR count). The number of nitrogen functional groups attached to an aromatic ring is 1. The lowest BCUT2D eigenvalue weighted by Crippen LogP contribution is -2.04. The van der Waals surface area contributed by atoms with Crippen molar-refractivity contribution in [2.75, 3.05) is 5.73 Å². The van der Waals surface area contributed by atoms with Crippen LogP contribution in [0.15, 0.2) is 22.8 Å². The summed E-state index contributed by atoms with van der Waals surface area (Å²) in [6.07, 6.45) is 3.53. The zero-order valence-corrected chi connectivity index (χ0v) is 10.5. The van der Waals surface area contributed by atoms with Crippen molar-refractivity contribution in [2.45, 2.75) is 19.8 Å². The van der Waals surface area contributed by atoms with Crippen LogP contribution in [0.5, 0.6) is 0 Å². The van der Waals surface area contributed by atoms with Gasteiger partial charge in [-0.15, -0.1) is 5.10 Å². The van der Waals surface area contributed by atoms with Gasteiger partial charge in [-0.1, -0.05) is 6.92 Å². The molecule has 6 heteroatoms. The third-order valence-corrected chi connectivity index (χ3v) is 2.55. The van der Waals surface area contributed by atoms with Crippen molar-refractivity contribution >= 4 is 21.9 Å². The summed E-state index contributed by atoms with van der Waals surface area (Å²) in [5.74, 6) is 1.80. The molecule has 0 radical (unpaired) electrons. The fraction of sp³-hybridized carbons (Fsp3) is 0.300. The minimum atomic E-state index is 0.373. The second-order valence-corrected chi connectivity index (χ2v) is 4.30. The third-order valence-electron chi connectivity index (χ3n) is 2.08. The molecule has 2 aromatic heterocycles. The van der Waals surface area contributed by atoms with Crippen LogP contribution in [-0.2, 0) is 6.42 Å². The van der Waals surface area contributed by atoms with Gasteiger partial charge in [-0.25, -0.2) is 4.98 Å². The lowest BCUT2D eigenvalue weighted by molar-refractivity contribution is 0.788. The van der Waals surface area contributed by atoms with Gasteiger partial charge in [0.25, 0.3) is 0 Å². The maximum Gasteiger partial charge on any atom is 0.225 e. The van der Waals surface area contributed by atoms with Crippen molar-refractivity contribution in [3.8, 4) is 5.82 Å². The molecule has 0 saturated carbocycles. The number of nitrogens with zero attached hydrogens (tertiary/aromatic N) is 4. The topological polar surface area (TPSA) is 69.6 Å². The third kappa shape index (κ3) is 2.21. The number of pyridine rings is 1. The van der Waals surface area contributed by atoms with Gasteiger partial charge >= 0.3 is 0 Å². The molecule has 5 nitrogen and oxygen atoms in total. The first kappa shape index (κ1) is 11.1. The van der Waals surface area contributed by atoms with Crippen LogP contribution in [0.4, 0.5) is 5.95 Å². The van der Waals surface area contributed by atoms with Crippen LogP contribution in [0.1, 0.15) is 19.2 Å². The van der Waals surface area contributed by atoms with Crippen molar-refractivity contribution < 1.29 is 0 Å². The highest BCUT2D eigenvalue weighted by Crippen LogP contribution is 2.13. The number of halogens is 1. The molecule has 0 aliphatic heterocycles. The first-order valence-electron chi connectivity index (χ1n) is 5.04. The second-order valence-electron chi connectivity index (χ2n) is 3.38. The molecule has 16 heavy (non-hydrogen) atoms. The van der Waals surface area contributed by atoms with E-state index in [4.69, 9.17) is 5.73 Å². The van der Waals surface area contributed by atoms with E-state index in [-0.39, 0.29) is 0 Å². The molecule has 0 aliphatic carbocycles. The van der Waals surface area contributed by atoms with E-state index in [1.807, 2.05) is 12.1 Å². The smallest absolute Gasteiger partial charge is 0.225 e. The van der Waals surface area contributed by atoms with Crippen LogP contribution in [0.25, 0.3) is 5.82 Å². The molecule has 2 heterocycles. The van der Waals surface area contributed by atoms with Crippen molar-refractivity contribution in [2.24, 2.45) is 0 Å². The maximum atomic E-state index is 5.78. The van der Waals surface area contributed by atoms with Gasteiger partial charge < -0.3 is 5.73 Å². The molecule has 0 unspecified atom stereocenters. The Morgan fingerprint density at radius 2 is 2.25 bits per heavy atom. The Bertz CT molecular complexity index is 476. The van der Waals surface area contributed by atoms with Crippen molar-refractivity contribution in [3.63, 3.8) is 0 Å². The van der Waals surface area contributed by atoms with E-state index in [1.54, 1.807) is 10.9 Å². The Hall–Kier alpha value is -1.43. The summed E-state index contributed by atoms with van der Waals surface area (Å²) in [4.78, 5) is 8.39. The Kier molecular flexibility index (Phi) is 3.19. The van der Waals surface area contributed by atoms with Crippen LogP contribution < -0.4 is 5.73 Å². The molecule has 2 N–H and O–H groups in total. The SMILES string of the molecule is CCCc1nc(N)n(-c2ccc(Br)cn2)n1. The molecule has 0 atom stereocenters. The predicted molar refractivity (Wildman–Crippen MR) is 65.3 cm³/mol. The van der Waals surface area contributed by atoms with Crippen LogP contribution in [0, 0.1) is 0 Å². The predicted octanol–water partition coefficient (Wildman–Crippen LogP) is 1.96. The first-order valence-corrected chi connectivity index (χ1v) is 5.83. The van der Waals surface area contributed by atoms with E-state index in [0.717, 1.165) is 23.1 Å². The monoisotopic (exact) mass is 281 g/mol. The summed E-state index contributed by atoms with van der Waals surface area (Å²) >= 11 is 3.33. The molecule has 0 amide bonds. The Labute approximate surface area is 102 Å². The molecule has 2 aromatic rings. The van der Waals surface area contributed by atoms with Gasteiger partial charge in [-0.3, -0.25) is 0 Å². The summed E-state index contributed by atoms with van der Waals surface area (Å²) in [7, 11) is 0. The van der Waals surface area contributed by atoms with Crippen LogP contribution in [0.3, 0.4) is 0 Å². The van der Waals surface area contributed by atoms with Crippen LogP contribution in [-0.4, -0.2) is 19.7 Å². The molecule has 0 aliphatic rings. The van der Waals surface area contributed by atoms with Crippen molar-refractivity contribution in [1.29, 1.82) is 0 Å². The Balaban J connectivity index is 2.36. The number of hydrogen-bond donors (Lipinski definition) is 1. The van der Waals surface area contributed by atoms with Crippen LogP contribution in [0.2, 0.25) is 0 Å². The van der Waals surface area contributed by atoms with E-state index in [0.29, 0.717) is 11.8 Å². The van der Waals surface area contributed by atoms with Gasteiger partial charge in [-0.2, -0.15) is 9.67 Å². The number of aryl methyl sites for hydroxylation is 1. The molecule has 0 aromatic carbocycles. The molecule has 0 bridgehead atoms. The van der Waals surface area contributed by atoms with Gasteiger partial charge in [0.15, 0.2) is 11.6 Å². The summed E-state index contributed by atoms with van der Waals surface area (Å²) in [6, 6.07) is 3.73. The zero-order chi connectivity index (χ0) is 11.5. The fourth-order valence-corrected chi connectivity index (χ4v) is 1.59. The molecular weight excluding hydrogens is 270 g/mol. The summed E-state index contributed by atoms with van der Waals surface area (Å²) < 4.78 is 2.47.